The summed E-state index contributed by atoms with van der Waals surface area (Å²) in [7, 11) is 1.71. The maximum atomic E-state index is 5.44. The van der Waals surface area contributed by atoms with Crippen LogP contribution in [0.25, 0.3) is 22.0 Å². The van der Waals surface area contributed by atoms with E-state index in [1.54, 1.807) is 7.11 Å². The van der Waals surface area contributed by atoms with Crippen LogP contribution >= 0.6 is 0 Å². The van der Waals surface area contributed by atoms with E-state index in [0.29, 0.717) is 0 Å². The molecule has 3 aromatic rings. The van der Waals surface area contributed by atoms with Crippen molar-refractivity contribution in [1.29, 1.82) is 0 Å². The molecule has 1 N–H and O–H groups in total. The summed E-state index contributed by atoms with van der Waals surface area (Å²) < 4.78 is 5.44. The Bertz CT molecular complexity index is 697. The molecule has 1 heterocycles. The number of aryl methyl sites for hydroxylation is 1. The van der Waals surface area contributed by atoms with Crippen molar-refractivity contribution in [3.05, 3.63) is 54.2 Å². The van der Waals surface area contributed by atoms with E-state index in [0.717, 1.165) is 11.3 Å². The van der Waals surface area contributed by atoms with Gasteiger partial charge in [0, 0.05) is 17.3 Å². The van der Waals surface area contributed by atoms with E-state index in [1.165, 1.54) is 22.0 Å². The maximum absolute atomic E-state index is 5.44. The molecule has 0 amide bonds. The van der Waals surface area contributed by atoms with Crippen LogP contribution in [0.1, 0.15) is 5.56 Å². The molecule has 0 fully saturated rings. The molecule has 2 aromatic carbocycles. The van der Waals surface area contributed by atoms with Gasteiger partial charge < -0.3 is 9.72 Å². The summed E-state index contributed by atoms with van der Waals surface area (Å²) in [5.74, 6) is 0.912. The fourth-order valence-electron chi connectivity index (χ4n) is 2.37. The van der Waals surface area contributed by atoms with Gasteiger partial charge in [-0.1, -0.05) is 18.2 Å². The first kappa shape index (κ1) is 10.9. The number of aromatic amines is 1. The summed E-state index contributed by atoms with van der Waals surface area (Å²) in [5.41, 5.74) is 4.78. The van der Waals surface area contributed by atoms with Gasteiger partial charge in [0.05, 0.1) is 7.11 Å². The topological polar surface area (TPSA) is 25.0 Å². The van der Waals surface area contributed by atoms with Crippen molar-refractivity contribution in [2.24, 2.45) is 0 Å². The molecule has 0 saturated carbocycles. The molecule has 0 atom stereocenters. The number of nitrogens with one attached hydrogen (secondary N) is 1. The summed E-state index contributed by atoms with van der Waals surface area (Å²) >= 11 is 0. The number of hydrogen-bond donors (Lipinski definition) is 1. The third-order valence-corrected chi connectivity index (χ3v) is 3.30. The average Bonchev–Trinajstić information content (AvgIpc) is 2.84. The van der Waals surface area contributed by atoms with Gasteiger partial charge >= 0.3 is 0 Å². The fraction of sp³-hybridized carbons (Fsp3) is 0.125. The highest BCUT2D eigenvalue weighted by molar-refractivity contribution is 5.88. The lowest BCUT2D eigenvalue weighted by atomic mass is 9.98. The minimum atomic E-state index is 0.912. The molecule has 1 aromatic heterocycles. The van der Waals surface area contributed by atoms with Gasteiger partial charge in [0.2, 0.25) is 0 Å². The Balaban J connectivity index is 2.27. The number of rotatable bonds is 2. The molecule has 3 rings (SSSR count). The Hall–Kier alpha value is -2.22. The van der Waals surface area contributed by atoms with Crippen molar-refractivity contribution >= 4 is 10.9 Å². The van der Waals surface area contributed by atoms with E-state index >= 15 is 0 Å². The molecule has 90 valence electrons. The number of benzene rings is 2. The van der Waals surface area contributed by atoms with Crippen LogP contribution in [0.2, 0.25) is 0 Å². The van der Waals surface area contributed by atoms with Gasteiger partial charge in [-0.05, 0) is 47.7 Å². The predicted octanol–water partition coefficient (Wildman–Crippen LogP) is 4.15. The van der Waals surface area contributed by atoms with Crippen molar-refractivity contribution in [2.75, 3.05) is 7.11 Å². The number of H-pyrrole nitrogens is 1. The zero-order valence-corrected chi connectivity index (χ0v) is 10.5. The van der Waals surface area contributed by atoms with Crippen molar-refractivity contribution < 1.29 is 4.74 Å². The van der Waals surface area contributed by atoms with Crippen LogP contribution in [-0.2, 0) is 0 Å². The molecule has 18 heavy (non-hydrogen) atoms. The smallest absolute Gasteiger partial charge is 0.126 e. The first-order valence-corrected chi connectivity index (χ1v) is 6.01. The second-order valence-corrected chi connectivity index (χ2v) is 4.43. The van der Waals surface area contributed by atoms with Crippen molar-refractivity contribution in [2.45, 2.75) is 6.92 Å². The molecule has 0 radical (unpaired) electrons. The third kappa shape index (κ3) is 1.66. The Labute approximate surface area is 106 Å². The van der Waals surface area contributed by atoms with E-state index in [-0.39, 0.29) is 0 Å². The van der Waals surface area contributed by atoms with Crippen LogP contribution in [-0.4, -0.2) is 12.1 Å². The van der Waals surface area contributed by atoms with Crippen LogP contribution in [0.4, 0.5) is 0 Å². The van der Waals surface area contributed by atoms with Gasteiger partial charge in [-0.15, -0.1) is 0 Å². The Morgan fingerprint density at radius 1 is 1.00 bits per heavy atom. The Morgan fingerprint density at radius 2 is 1.83 bits per heavy atom. The fourth-order valence-corrected chi connectivity index (χ4v) is 2.37. The minimum absolute atomic E-state index is 0.912. The van der Waals surface area contributed by atoms with Gasteiger partial charge in [0.1, 0.15) is 5.75 Å². The molecule has 2 heteroatoms. The van der Waals surface area contributed by atoms with Gasteiger partial charge in [0.15, 0.2) is 0 Å². The number of ether oxygens (including phenoxy) is 1. The van der Waals surface area contributed by atoms with E-state index in [1.807, 2.05) is 24.4 Å². The molecule has 0 spiro atoms. The zero-order chi connectivity index (χ0) is 12.5. The normalized spacial score (nSPS) is 10.8. The quantitative estimate of drug-likeness (QED) is 0.711. The summed E-state index contributed by atoms with van der Waals surface area (Å²) in [5, 5.41) is 1.22. The average molecular weight is 237 g/mol. The third-order valence-electron chi connectivity index (χ3n) is 3.30. The first-order valence-electron chi connectivity index (χ1n) is 6.01. The summed E-state index contributed by atoms with van der Waals surface area (Å²) in [6.45, 7) is 2.13. The highest BCUT2D eigenvalue weighted by Crippen LogP contribution is 2.34. The molecule has 0 aliphatic carbocycles. The van der Waals surface area contributed by atoms with Crippen molar-refractivity contribution in [3.63, 3.8) is 0 Å². The van der Waals surface area contributed by atoms with Crippen LogP contribution in [0, 0.1) is 6.92 Å². The highest BCUT2D eigenvalue weighted by atomic mass is 16.5. The molecule has 2 nitrogen and oxygen atoms in total. The first-order chi connectivity index (χ1) is 8.79. The number of aromatic nitrogens is 1. The molecule has 0 aliphatic rings. The van der Waals surface area contributed by atoms with Crippen LogP contribution in [0.3, 0.4) is 0 Å². The van der Waals surface area contributed by atoms with E-state index < -0.39 is 0 Å². The molecule has 0 saturated heterocycles. The standard InChI is InChI=1S/C16H15NO/c1-11-9-15-12(7-8-17-15)10-14(11)13-5-3-4-6-16(13)18-2/h3-10,17H,1-2H3. The monoisotopic (exact) mass is 237 g/mol. The van der Waals surface area contributed by atoms with E-state index in [2.05, 4.69) is 36.2 Å². The second-order valence-electron chi connectivity index (χ2n) is 4.43. The minimum Gasteiger partial charge on any atom is -0.496 e. The van der Waals surface area contributed by atoms with Gasteiger partial charge in [0.25, 0.3) is 0 Å². The molecular formula is C16H15NO. The lowest BCUT2D eigenvalue weighted by molar-refractivity contribution is 0.416. The number of methoxy groups -OCH3 is 1. The maximum Gasteiger partial charge on any atom is 0.126 e. The molecule has 0 unspecified atom stereocenters. The van der Waals surface area contributed by atoms with Crippen LogP contribution in [0.5, 0.6) is 5.75 Å². The van der Waals surface area contributed by atoms with Gasteiger partial charge in [-0.2, -0.15) is 0 Å². The Morgan fingerprint density at radius 3 is 2.67 bits per heavy atom. The highest BCUT2D eigenvalue weighted by Gasteiger charge is 2.09. The molecule has 0 aliphatic heterocycles. The van der Waals surface area contributed by atoms with Crippen molar-refractivity contribution in [3.8, 4) is 16.9 Å². The van der Waals surface area contributed by atoms with Gasteiger partial charge in [-0.25, -0.2) is 0 Å². The summed E-state index contributed by atoms with van der Waals surface area (Å²) in [4.78, 5) is 3.24. The summed E-state index contributed by atoms with van der Waals surface area (Å²) in [6, 6.07) is 14.6. The largest absolute Gasteiger partial charge is 0.496 e. The lowest BCUT2D eigenvalue weighted by Gasteiger charge is -2.11. The Kier molecular flexibility index (Phi) is 2.56. The molecule has 0 bridgehead atoms. The lowest BCUT2D eigenvalue weighted by Crippen LogP contribution is -1.89. The summed E-state index contributed by atoms with van der Waals surface area (Å²) in [6.07, 6.45) is 1.97. The second kappa shape index (κ2) is 4.22. The predicted molar refractivity (Wildman–Crippen MR) is 75.0 cm³/mol. The SMILES string of the molecule is COc1ccccc1-c1cc2cc[nH]c2cc1C. The van der Waals surface area contributed by atoms with Crippen molar-refractivity contribution in [1.82, 2.24) is 4.98 Å². The number of hydrogen-bond acceptors (Lipinski definition) is 1. The van der Waals surface area contributed by atoms with Crippen LogP contribution in [0.15, 0.2) is 48.7 Å². The van der Waals surface area contributed by atoms with E-state index in [4.69, 9.17) is 4.74 Å². The molecular weight excluding hydrogens is 222 g/mol. The number of para-hydroxylation sites is 1. The number of fused-ring (bicyclic) bond motifs is 1. The van der Waals surface area contributed by atoms with Crippen LogP contribution < -0.4 is 4.74 Å². The van der Waals surface area contributed by atoms with E-state index in [9.17, 15) is 0 Å². The van der Waals surface area contributed by atoms with Gasteiger partial charge in [-0.3, -0.25) is 0 Å². The zero-order valence-electron chi connectivity index (χ0n) is 10.5.